The molecule has 6 heteroatoms. The number of benzene rings is 1. The van der Waals surface area contributed by atoms with E-state index in [4.69, 9.17) is 10.8 Å². The number of rotatable bonds is 6. The second-order valence-corrected chi connectivity index (χ2v) is 4.25. The summed E-state index contributed by atoms with van der Waals surface area (Å²) in [7, 11) is 0. The Balaban J connectivity index is 2.78. The highest BCUT2D eigenvalue weighted by Gasteiger charge is 2.21. The molecule has 0 aliphatic carbocycles. The number of nitrogens with one attached hydrogen (secondary N) is 1. The number of hydrogen-bond donors (Lipinski definition) is 3. The monoisotopic (exact) mass is 268 g/mol. The van der Waals surface area contributed by atoms with Gasteiger partial charge in [-0.15, -0.1) is 0 Å². The van der Waals surface area contributed by atoms with Gasteiger partial charge in [0, 0.05) is 5.69 Å². The summed E-state index contributed by atoms with van der Waals surface area (Å²) in [4.78, 5) is 22.8. The maximum absolute atomic E-state index is 13.5. The Bertz CT molecular complexity index is 477. The van der Waals surface area contributed by atoms with E-state index in [0.29, 0.717) is 12.8 Å². The van der Waals surface area contributed by atoms with E-state index in [1.807, 2.05) is 6.92 Å². The molecule has 1 atom stereocenters. The van der Waals surface area contributed by atoms with Crippen molar-refractivity contribution < 1.29 is 19.1 Å². The molecule has 1 amide bonds. The molecule has 5 nitrogen and oxygen atoms in total. The van der Waals surface area contributed by atoms with Gasteiger partial charge in [0.1, 0.15) is 11.9 Å². The number of nitrogens with two attached hydrogens (primary N) is 1. The van der Waals surface area contributed by atoms with Gasteiger partial charge in [-0.3, -0.25) is 4.79 Å². The van der Waals surface area contributed by atoms with Crippen molar-refractivity contribution in [3.63, 3.8) is 0 Å². The lowest BCUT2D eigenvalue weighted by molar-refractivity contribution is -0.139. The second-order valence-electron chi connectivity index (χ2n) is 4.25. The maximum atomic E-state index is 13.5. The number of hydrogen-bond acceptors (Lipinski definition) is 3. The SMILES string of the molecule is CCCCC(NC(=O)c1ccc(N)cc1F)C(=O)O. The highest BCUT2D eigenvalue weighted by Crippen LogP contribution is 2.12. The van der Waals surface area contributed by atoms with Gasteiger partial charge in [0.2, 0.25) is 0 Å². The van der Waals surface area contributed by atoms with E-state index in [1.165, 1.54) is 12.1 Å². The van der Waals surface area contributed by atoms with Crippen LogP contribution < -0.4 is 11.1 Å². The lowest BCUT2D eigenvalue weighted by Crippen LogP contribution is -2.41. The molecule has 0 bridgehead atoms. The number of unbranched alkanes of at least 4 members (excludes halogenated alkanes) is 1. The predicted octanol–water partition coefficient (Wildman–Crippen LogP) is 1.78. The van der Waals surface area contributed by atoms with Crippen molar-refractivity contribution in [2.45, 2.75) is 32.2 Å². The molecule has 19 heavy (non-hydrogen) atoms. The van der Waals surface area contributed by atoms with E-state index in [2.05, 4.69) is 5.32 Å². The fraction of sp³-hybridized carbons (Fsp3) is 0.385. The molecular weight excluding hydrogens is 251 g/mol. The summed E-state index contributed by atoms with van der Waals surface area (Å²) < 4.78 is 13.5. The minimum absolute atomic E-state index is 0.204. The largest absolute Gasteiger partial charge is 0.480 e. The number of amides is 1. The number of nitrogen functional groups attached to an aromatic ring is 1. The number of carbonyl (C=O) groups excluding carboxylic acids is 1. The van der Waals surface area contributed by atoms with Crippen LogP contribution in [0.5, 0.6) is 0 Å². The topological polar surface area (TPSA) is 92.4 Å². The molecular formula is C13H17FN2O3. The summed E-state index contributed by atoms with van der Waals surface area (Å²) in [5, 5.41) is 11.3. The minimum atomic E-state index is -1.13. The first kappa shape index (κ1) is 14.9. The number of anilines is 1. The third kappa shape index (κ3) is 4.24. The first-order valence-electron chi connectivity index (χ1n) is 6.04. The number of aliphatic carboxylic acids is 1. The molecule has 1 rings (SSSR count). The van der Waals surface area contributed by atoms with E-state index in [9.17, 15) is 14.0 Å². The molecule has 0 saturated heterocycles. The average Bonchev–Trinajstić information content (AvgIpc) is 2.33. The second kappa shape index (κ2) is 6.72. The van der Waals surface area contributed by atoms with Crippen molar-refractivity contribution in [2.24, 2.45) is 0 Å². The first-order chi connectivity index (χ1) is 8.95. The van der Waals surface area contributed by atoms with Crippen LogP contribution in [0.3, 0.4) is 0 Å². The summed E-state index contributed by atoms with van der Waals surface area (Å²) in [6, 6.07) is 2.64. The van der Waals surface area contributed by atoms with Gasteiger partial charge in [-0.1, -0.05) is 19.8 Å². The summed E-state index contributed by atoms with van der Waals surface area (Å²) in [6.45, 7) is 1.92. The van der Waals surface area contributed by atoms with Crippen molar-refractivity contribution in [3.05, 3.63) is 29.6 Å². The first-order valence-corrected chi connectivity index (χ1v) is 6.04. The quantitative estimate of drug-likeness (QED) is 0.686. The van der Waals surface area contributed by atoms with Crippen molar-refractivity contribution in [1.82, 2.24) is 5.32 Å². The molecule has 0 aromatic heterocycles. The van der Waals surface area contributed by atoms with Crippen LogP contribution in [0.1, 0.15) is 36.5 Å². The molecule has 1 aromatic rings. The van der Waals surface area contributed by atoms with Gasteiger partial charge >= 0.3 is 5.97 Å². The Labute approximate surface area is 110 Å². The van der Waals surface area contributed by atoms with Gasteiger partial charge in [-0.05, 0) is 24.6 Å². The van der Waals surface area contributed by atoms with Gasteiger partial charge < -0.3 is 16.2 Å². The van der Waals surface area contributed by atoms with Gasteiger partial charge in [0.15, 0.2) is 0 Å². The normalized spacial score (nSPS) is 11.9. The van der Waals surface area contributed by atoms with Crippen molar-refractivity contribution in [1.29, 1.82) is 0 Å². The molecule has 0 spiro atoms. The van der Waals surface area contributed by atoms with Crippen LogP contribution in [0.25, 0.3) is 0 Å². The summed E-state index contributed by atoms with van der Waals surface area (Å²) in [5.74, 6) is -2.64. The highest BCUT2D eigenvalue weighted by atomic mass is 19.1. The van der Waals surface area contributed by atoms with Gasteiger partial charge in [-0.2, -0.15) is 0 Å². The molecule has 104 valence electrons. The zero-order valence-corrected chi connectivity index (χ0v) is 10.6. The number of carboxylic acids is 1. The van der Waals surface area contributed by atoms with Crippen LogP contribution in [0.2, 0.25) is 0 Å². The van der Waals surface area contributed by atoms with E-state index in [0.717, 1.165) is 12.5 Å². The number of carboxylic acid groups (broad SMARTS) is 1. The van der Waals surface area contributed by atoms with E-state index in [-0.39, 0.29) is 11.3 Å². The molecule has 0 aliphatic rings. The fourth-order valence-corrected chi connectivity index (χ4v) is 1.62. The van der Waals surface area contributed by atoms with Crippen LogP contribution >= 0.6 is 0 Å². The molecule has 1 aromatic carbocycles. The van der Waals surface area contributed by atoms with Gasteiger partial charge in [0.25, 0.3) is 5.91 Å². The van der Waals surface area contributed by atoms with Crippen LogP contribution in [-0.2, 0) is 4.79 Å². The predicted molar refractivity (Wildman–Crippen MR) is 69.2 cm³/mol. The summed E-state index contributed by atoms with van der Waals surface area (Å²) in [6.07, 6.45) is 1.80. The maximum Gasteiger partial charge on any atom is 0.326 e. The van der Waals surface area contributed by atoms with Gasteiger partial charge in [-0.25, -0.2) is 9.18 Å². The van der Waals surface area contributed by atoms with Crippen molar-refractivity contribution >= 4 is 17.6 Å². The Morgan fingerprint density at radius 2 is 2.16 bits per heavy atom. The van der Waals surface area contributed by atoms with Crippen LogP contribution in [0.4, 0.5) is 10.1 Å². The zero-order valence-electron chi connectivity index (χ0n) is 10.6. The van der Waals surface area contributed by atoms with Crippen LogP contribution in [0.15, 0.2) is 18.2 Å². The molecule has 0 aliphatic heterocycles. The molecule has 0 fully saturated rings. The van der Waals surface area contributed by atoms with Gasteiger partial charge in [0.05, 0.1) is 5.56 Å². The third-order valence-electron chi connectivity index (χ3n) is 2.69. The Kier molecular flexibility index (Phi) is 5.29. The van der Waals surface area contributed by atoms with E-state index in [1.54, 1.807) is 0 Å². The zero-order chi connectivity index (χ0) is 14.4. The summed E-state index contributed by atoms with van der Waals surface area (Å²) in [5.41, 5.74) is 5.37. The molecule has 0 heterocycles. The molecule has 0 saturated carbocycles. The summed E-state index contributed by atoms with van der Waals surface area (Å²) >= 11 is 0. The van der Waals surface area contributed by atoms with Crippen LogP contribution in [-0.4, -0.2) is 23.0 Å². The Hall–Kier alpha value is -2.11. The molecule has 4 N–H and O–H groups in total. The molecule has 1 unspecified atom stereocenters. The smallest absolute Gasteiger partial charge is 0.326 e. The molecule has 0 radical (unpaired) electrons. The van der Waals surface area contributed by atoms with E-state index >= 15 is 0 Å². The fourth-order valence-electron chi connectivity index (χ4n) is 1.62. The van der Waals surface area contributed by atoms with E-state index < -0.39 is 23.7 Å². The van der Waals surface area contributed by atoms with Crippen molar-refractivity contribution in [3.8, 4) is 0 Å². The third-order valence-corrected chi connectivity index (χ3v) is 2.69. The Morgan fingerprint density at radius 1 is 1.47 bits per heavy atom. The number of halogens is 1. The average molecular weight is 268 g/mol. The minimum Gasteiger partial charge on any atom is -0.480 e. The Morgan fingerprint density at radius 3 is 2.68 bits per heavy atom. The standard InChI is InChI=1S/C13H17FN2O3/c1-2-3-4-11(13(18)19)16-12(17)9-6-5-8(15)7-10(9)14/h5-7,11H,2-4,15H2,1H3,(H,16,17)(H,18,19). The number of carbonyl (C=O) groups is 2. The van der Waals surface area contributed by atoms with Crippen LogP contribution in [0, 0.1) is 5.82 Å². The lowest BCUT2D eigenvalue weighted by atomic mass is 10.1. The van der Waals surface area contributed by atoms with Crippen molar-refractivity contribution in [2.75, 3.05) is 5.73 Å². The lowest BCUT2D eigenvalue weighted by Gasteiger charge is -2.14. The highest BCUT2D eigenvalue weighted by molar-refractivity contribution is 5.97.